The zero-order chi connectivity index (χ0) is 23.4. The van der Waals surface area contributed by atoms with Crippen LogP contribution in [0.15, 0.2) is 30.3 Å². The highest BCUT2D eigenvalue weighted by Gasteiger charge is 2.34. The number of benzene rings is 1. The molecular weight excluding hydrogens is 442 g/mol. The van der Waals surface area contributed by atoms with Gasteiger partial charge in [-0.25, -0.2) is 9.18 Å². The maximum absolute atomic E-state index is 13.5. The zero-order valence-corrected chi connectivity index (χ0v) is 17.9. The van der Waals surface area contributed by atoms with Crippen LogP contribution < -0.4 is 15.0 Å². The van der Waals surface area contributed by atoms with Gasteiger partial charge in [-0.05, 0) is 42.2 Å². The number of hydrogen-bond acceptors (Lipinski definition) is 6. The van der Waals surface area contributed by atoms with E-state index in [0.29, 0.717) is 44.5 Å². The van der Waals surface area contributed by atoms with Gasteiger partial charge in [0, 0.05) is 45.3 Å². The average molecular weight is 467 g/mol. The summed E-state index contributed by atoms with van der Waals surface area (Å²) in [6, 6.07) is 5.80. The third-order valence-corrected chi connectivity index (χ3v) is 5.81. The minimum Gasteiger partial charge on any atom is -0.390 e. The number of nitrogens with zero attached hydrogens (tertiary/aromatic N) is 4. The summed E-state index contributed by atoms with van der Waals surface area (Å²) in [5.41, 5.74) is -0.892. The fourth-order valence-corrected chi connectivity index (χ4v) is 3.80. The van der Waals surface area contributed by atoms with Crippen LogP contribution >= 0.6 is 0 Å². The number of anilines is 1. The number of hydrogen-bond donors (Lipinski definition) is 1. The maximum atomic E-state index is 13.5. The van der Waals surface area contributed by atoms with E-state index >= 15 is 0 Å². The highest BCUT2D eigenvalue weighted by atomic mass is 19.4. The fourth-order valence-electron chi connectivity index (χ4n) is 3.80. The van der Waals surface area contributed by atoms with Crippen molar-refractivity contribution in [1.29, 1.82) is 0 Å². The fraction of sp³-hybridized carbons (Fsp3) is 0.500. The molecule has 33 heavy (non-hydrogen) atoms. The van der Waals surface area contributed by atoms with Gasteiger partial charge in [0.25, 0.3) is 0 Å². The molecule has 178 valence electrons. The first-order valence-corrected chi connectivity index (χ1v) is 10.9. The van der Waals surface area contributed by atoms with Crippen molar-refractivity contribution in [2.24, 2.45) is 5.92 Å². The van der Waals surface area contributed by atoms with Gasteiger partial charge in [-0.3, -0.25) is 4.90 Å². The van der Waals surface area contributed by atoms with E-state index in [1.807, 2.05) is 9.80 Å². The zero-order valence-electron chi connectivity index (χ0n) is 17.9. The van der Waals surface area contributed by atoms with Crippen molar-refractivity contribution in [2.75, 3.05) is 37.6 Å². The lowest BCUT2D eigenvalue weighted by Gasteiger charge is -2.35. The molecule has 4 rings (SSSR count). The number of aromatic nitrogens is 2. The van der Waals surface area contributed by atoms with E-state index in [1.165, 1.54) is 12.8 Å². The Bertz CT molecular complexity index is 958. The van der Waals surface area contributed by atoms with E-state index in [2.05, 4.69) is 15.5 Å². The standard InChI is InChI=1S/C22H25F4N5O2/c23-17-3-4-18(22(24,25)26)16(13-17)14-30-9-11-31(12-10-30)19-5-6-20(29-28-19)33-21(32)27-8-7-15-1-2-15/h3-6,13,15H,1-2,7-12,14H2,(H,27,32). The normalized spacial score (nSPS) is 17.2. The lowest BCUT2D eigenvalue weighted by atomic mass is 10.1. The number of amides is 1. The molecule has 1 N–H and O–H groups in total. The van der Waals surface area contributed by atoms with Crippen LogP contribution in [-0.2, 0) is 12.7 Å². The number of piperazine rings is 1. The van der Waals surface area contributed by atoms with E-state index < -0.39 is 23.7 Å². The van der Waals surface area contributed by atoms with Gasteiger partial charge in [0.05, 0.1) is 5.56 Å². The highest BCUT2D eigenvalue weighted by molar-refractivity contribution is 5.69. The second-order valence-corrected chi connectivity index (χ2v) is 8.34. The lowest BCUT2D eigenvalue weighted by molar-refractivity contribution is -0.138. The Kier molecular flexibility index (Phi) is 6.96. The SMILES string of the molecule is O=C(NCCC1CC1)Oc1ccc(N2CCN(Cc3cc(F)ccc3C(F)(F)F)CC2)nn1. The molecule has 11 heteroatoms. The summed E-state index contributed by atoms with van der Waals surface area (Å²) < 4.78 is 58.3. The number of rotatable bonds is 7. The van der Waals surface area contributed by atoms with Gasteiger partial charge in [0.15, 0.2) is 5.82 Å². The minimum atomic E-state index is -4.53. The molecule has 1 saturated heterocycles. The summed E-state index contributed by atoms with van der Waals surface area (Å²) in [7, 11) is 0. The molecular formula is C22H25F4N5O2. The monoisotopic (exact) mass is 467 g/mol. The number of carbonyl (C=O) groups is 1. The predicted octanol–water partition coefficient (Wildman–Crippen LogP) is 3.85. The molecule has 0 bridgehead atoms. The molecule has 1 saturated carbocycles. The summed E-state index contributed by atoms with van der Waals surface area (Å²) >= 11 is 0. The summed E-state index contributed by atoms with van der Waals surface area (Å²) in [6.07, 6.45) is -1.71. The number of alkyl halides is 3. The number of ether oxygens (including phenoxy) is 1. The largest absolute Gasteiger partial charge is 0.416 e. The Morgan fingerprint density at radius 1 is 1.09 bits per heavy atom. The molecule has 1 aliphatic heterocycles. The second kappa shape index (κ2) is 9.90. The number of nitrogens with one attached hydrogen (secondary N) is 1. The first-order chi connectivity index (χ1) is 15.8. The molecule has 0 radical (unpaired) electrons. The Balaban J connectivity index is 1.27. The Labute approximate surface area is 188 Å². The lowest BCUT2D eigenvalue weighted by Crippen LogP contribution is -2.46. The summed E-state index contributed by atoms with van der Waals surface area (Å²) in [5, 5.41) is 10.7. The van der Waals surface area contributed by atoms with Gasteiger partial charge in [0.2, 0.25) is 5.88 Å². The van der Waals surface area contributed by atoms with Crippen molar-refractivity contribution in [3.8, 4) is 5.88 Å². The molecule has 2 heterocycles. The van der Waals surface area contributed by atoms with Crippen LogP contribution in [0, 0.1) is 11.7 Å². The van der Waals surface area contributed by atoms with Crippen LogP contribution in [0.25, 0.3) is 0 Å². The molecule has 1 aliphatic carbocycles. The van der Waals surface area contributed by atoms with Crippen molar-refractivity contribution >= 4 is 11.9 Å². The molecule has 1 amide bonds. The van der Waals surface area contributed by atoms with Gasteiger partial charge < -0.3 is 15.0 Å². The second-order valence-electron chi connectivity index (χ2n) is 8.34. The molecule has 0 spiro atoms. The van der Waals surface area contributed by atoms with E-state index in [1.54, 1.807) is 12.1 Å². The van der Waals surface area contributed by atoms with Crippen LogP contribution in [0.4, 0.5) is 28.2 Å². The van der Waals surface area contributed by atoms with Gasteiger partial charge in [-0.2, -0.15) is 13.2 Å². The molecule has 2 aliphatic rings. The third-order valence-electron chi connectivity index (χ3n) is 5.81. The molecule has 2 aromatic rings. The van der Waals surface area contributed by atoms with Crippen molar-refractivity contribution in [3.05, 3.63) is 47.3 Å². The average Bonchev–Trinajstić information content (AvgIpc) is 3.58. The quantitative estimate of drug-likeness (QED) is 0.624. The number of carbonyl (C=O) groups excluding carboxylic acids is 1. The summed E-state index contributed by atoms with van der Waals surface area (Å²) in [5.74, 6) is 0.696. The van der Waals surface area contributed by atoms with Crippen molar-refractivity contribution in [2.45, 2.75) is 32.0 Å². The van der Waals surface area contributed by atoms with Crippen molar-refractivity contribution in [1.82, 2.24) is 20.4 Å². The van der Waals surface area contributed by atoms with Crippen LogP contribution in [-0.4, -0.2) is 53.9 Å². The van der Waals surface area contributed by atoms with E-state index in [0.717, 1.165) is 24.6 Å². The van der Waals surface area contributed by atoms with Gasteiger partial charge in [-0.1, -0.05) is 12.8 Å². The minimum absolute atomic E-state index is 0.00869. The predicted molar refractivity (Wildman–Crippen MR) is 112 cm³/mol. The van der Waals surface area contributed by atoms with Gasteiger partial charge in [-0.15, -0.1) is 10.2 Å². The first kappa shape index (κ1) is 23.2. The Hall–Kier alpha value is -2.95. The van der Waals surface area contributed by atoms with Crippen molar-refractivity contribution in [3.63, 3.8) is 0 Å². The molecule has 0 atom stereocenters. The third kappa shape index (κ3) is 6.53. The number of halogens is 4. The first-order valence-electron chi connectivity index (χ1n) is 10.9. The van der Waals surface area contributed by atoms with Crippen LogP contribution in [0.3, 0.4) is 0 Å². The smallest absolute Gasteiger partial charge is 0.390 e. The van der Waals surface area contributed by atoms with E-state index in [9.17, 15) is 22.4 Å². The molecule has 7 nitrogen and oxygen atoms in total. The molecule has 0 unspecified atom stereocenters. The summed E-state index contributed by atoms with van der Waals surface area (Å²) in [4.78, 5) is 15.6. The van der Waals surface area contributed by atoms with Crippen LogP contribution in [0.5, 0.6) is 5.88 Å². The Morgan fingerprint density at radius 2 is 1.85 bits per heavy atom. The molecule has 1 aromatic carbocycles. The van der Waals surface area contributed by atoms with Gasteiger partial charge in [0.1, 0.15) is 5.82 Å². The highest BCUT2D eigenvalue weighted by Crippen LogP contribution is 2.33. The van der Waals surface area contributed by atoms with Crippen molar-refractivity contribution < 1.29 is 27.1 Å². The van der Waals surface area contributed by atoms with E-state index in [4.69, 9.17) is 4.74 Å². The summed E-state index contributed by atoms with van der Waals surface area (Å²) in [6.45, 7) is 2.59. The maximum Gasteiger partial charge on any atom is 0.416 e. The Morgan fingerprint density at radius 3 is 2.48 bits per heavy atom. The topological polar surface area (TPSA) is 70.6 Å². The van der Waals surface area contributed by atoms with Gasteiger partial charge >= 0.3 is 12.3 Å². The molecule has 1 aromatic heterocycles. The van der Waals surface area contributed by atoms with E-state index in [-0.39, 0.29) is 18.0 Å². The van der Waals surface area contributed by atoms with Crippen LogP contribution in [0.1, 0.15) is 30.4 Å². The van der Waals surface area contributed by atoms with Crippen LogP contribution in [0.2, 0.25) is 0 Å². The molecule has 2 fully saturated rings.